The second-order valence-electron chi connectivity index (χ2n) is 5.38. The molecule has 2 aromatic rings. The summed E-state index contributed by atoms with van der Waals surface area (Å²) in [5.74, 6) is 2.61. The van der Waals surface area contributed by atoms with Gasteiger partial charge in [0.2, 0.25) is 12.7 Å². The summed E-state index contributed by atoms with van der Waals surface area (Å²) >= 11 is 0. The fourth-order valence-corrected chi connectivity index (χ4v) is 2.44. The number of hydrogen-bond donors (Lipinski definition) is 2. The lowest BCUT2D eigenvalue weighted by molar-refractivity contribution is -0.119. The van der Waals surface area contributed by atoms with Crippen molar-refractivity contribution in [1.29, 1.82) is 0 Å². The first-order valence-corrected chi connectivity index (χ1v) is 7.80. The molecule has 0 radical (unpaired) electrons. The molecule has 1 heterocycles. The smallest absolute Gasteiger partial charge is 0.239 e. The second kappa shape index (κ2) is 7.65. The van der Waals surface area contributed by atoms with Crippen molar-refractivity contribution in [3.05, 3.63) is 42.0 Å². The molecular formula is C18H20N2O5. The summed E-state index contributed by atoms with van der Waals surface area (Å²) in [4.78, 5) is 12.1. The monoisotopic (exact) mass is 344 g/mol. The Balaban J connectivity index is 1.53. The van der Waals surface area contributed by atoms with Crippen molar-refractivity contribution in [1.82, 2.24) is 5.32 Å². The number of methoxy groups -OCH3 is 2. The van der Waals surface area contributed by atoms with Gasteiger partial charge >= 0.3 is 0 Å². The zero-order valence-electron chi connectivity index (χ0n) is 14.1. The molecule has 3 rings (SSSR count). The highest BCUT2D eigenvalue weighted by Crippen LogP contribution is 2.32. The number of nitrogens with one attached hydrogen (secondary N) is 2. The van der Waals surface area contributed by atoms with Crippen molar-refractivity contribution in [2.75, 3.05) is 32.9 Å². The third-order valence-electron chi connectivity index (χ3n) is 3.77. The summed E-state index contributed by atoms with van der Waals surface area (Å²) in [7, 11) is 3.16. The number of hydrogen-bond acceptors (Lipinski definition) is 6. The quantitative estimate of drug-likeness (QED) is 0.801. The average molecular weight is 344 g/mol. The van der Waals surface area contributed by atoms with E-state index in [1.807, 2.05) is 18.2 Å². The maximum Gasteiger partial charge on any atom is 0.239 e. The van der Waals surface area contributed by atoms with Crippen LogP contribution in [0.4, 0.5) is 5.69 Å². The maximum absolute atomic E-state index is 12.1. The molecule has 0 atom stereocenters. The van der Waals surface area contributed by atoms with Crippen molar-refractivity contribution >= 4 is 11.6 Å². The number of fused-ring (bicyclic) bond motifs is 1. The summed E-state index contributed by atoms with van der Waals surface area (Å²) < 4.78 is 21.0. The molecule has 7 nitrogen and oxygen atoms in total. The van der Waals surface area contributed by atoms with Gasteiger partial charge in [0.25, 0.3) is 0 Å². The van der Waals surface area contributed by atoms with E-state index in [0.717, 1.165) is 11.3 Å². The van der Waals surface area contributed by atoms with Gasteiger partial charge in [-0.1, -0.05) is 6.07 Å². The number of benzene rings is 2. The van der Waals surface area contributed by atoms with Crippen LogP contribution in [0.3, 0.4) is 0 Å². The molecule has 0 spiro atoms. The first-order valence-electron chi connectivity index (χ1n) is 7.80. The van der Waals surface area contributed by atoms with E-state index in [9.17, 15) is 4.79 Å². The Labute approximate surface area is 145 Å². The molecule has 1 aliphatic heterocycles. The van der Waals surface area contributed by atoms with E-state index in [4.69, 9.17) is 18.9 Å². The highest BCUT2D eigenvalue weighted by atomic mass is 16.7. The minimum atomic E-state index is -0.137. The van der Waals surface area contributed by atoms with Crippen LogP contribution in [-0.4, -0.2) is 33.5 Å². The summed E-state index contributed by atoms with van der Waals surface area (Å²) in [5, 5.41) is 5.91. The van der Waals surface area contributed by atoms with Gasteiger partial charge in [-0.05, 0) is 29.8 Å². The lowest BCUT2D eigenvalue weighted by atomic mass is 10.2. The normalized spacial score (nSPS) is 11.8. The van der Waals surface area contributed by atoms with Crippen LogP contribution < -0.4 is 29.6 Å². The number of rotatable bonds is 7. The summed E-state index contributed by atoms with van der Waals surface area (Å²) in [6.07, 6.45) is 0. The highest BCUT2D eigenvalue weighted by Gasteiger charge is 2.13. The lowest BCUT2D eigenvalue weighted by Gasteiger charge is -2.13. The molecule has 0 bridgehead atoms. The van der Waals surface area contributed by atoms with Crippen LogP contribution in [-0.2, 0) is 11.3 Å². The number of anilines is 1. The molecule has 132 valence electrons. The lowest BCUT2D eigenvalue weighted by Crippen LogP contribution is -2.29. The second-order valence-corrected chi connectivity index (χ2v) is 5.38. The van der Waals surface area contributed by atoms with Crippen molar-refractivity contribution in [2.45, 2.75) is 6.54 Å². The van der Waals surface area contributed by atoms with Gasteiger partial charge in [-0.3, -0.25) is 4.79 Å². The van der Waals surface area contributed by atoms with E-state index >= 15 is 0 Å². The number of amides is 1. The van der Waals surface area contributed by atoms with E-state index in [1.165, 1.54) is 0 Å². The number of carbonyl (C=O) groups excluding carboxylic acids is 1. The molecule has 1 amide bonds. The van der Waals surface area contributed by atoms with Crippen LogP contribution in [0.25, 0.3) is 0 Å². The van der Waals surface area contributed by atoms with Crippen molar-refractivity contribution in [2.24, 2.45) is 0 Å². The van der Waals surface area contributed by atoms with Crippen molar-refractivity contribution in [3.8, 4) is 23.0 Å². The van der Waals surface area contributed by atoms with Gasteiger partial charge < -0.3 is 29.6 Å². The van der Waals surface area contributed by atoms with Gasteiger partial charge in [-0.2, -0.15) is 0 Å². The van der Waals surface area contributed by atoms with Crippen molar-refractivity contribution in [3.63, 3.8) is 0 Å². The highest BCUT2D eigenvalue weighted by molar-refractivity contribution is 5.81. The maximum atomic E-state index is 12.1. The van der Waals surface area contributed by atoms with Gasteiger partial charge in [0.1, 0.15) is 11.5 Å². The molecule has 25 heavy (non-hydrogen) atoms. The van der Waals surface area contributed by atoms with Crippen LogP contribution in [0.2, 0.25) is 0 Å². The minimum Gasteiger partial charge on any atom is -0.497 e. The van der Waals surface area contributed by atoms with E-state index in [2.05, 4.69) is 10.6 Å². The summed E-state index contributed by atoms with van der Waals surface area (Å²) in [5.41, 5.74) is 1.64. The zero-order chi connectivity index (χ0) is 17.6. The molecule has 0 saturated carbocycles. The molecule has 1 aliphatic rings. The van der Waals surface area contributed by atoms with E-state index in [-0.39, 0.29) is 19.2 Å². The van der Waals surface area contributed by atoms with Gasteiger partial charge in [0.15, 0.2) is 11.5 Å². The largest absolute Gasteiger partial charge is 0.497 e. The van der Waals surface area contributed by atoms with E-state index in [1.54, 1.807) is 32.4 Å². The topological polar surface area (TPSA) is 78.1 Å². The molecule has 0 aromatic heterocycles. The molecule has 2 N–H and O–H groups in total. The Bertz CT molecular complexity index is 763. The van der Waals surface area contributed by atoms with Crippen LogP contribution in [0.5, 0.6) is 23.0 Å². The molecule has 7 heteroatoms. The van der Waals surface area contributed by atoms with Crippen LogP contribution in [0.15, 0.2) is 36.4 Å². The van der Waals surface area contributed by atoms with Crippen LogP contribution >= 0.6 is 0 Å². The van der Waals surface area contributed by atoms with Crippen LogP contribution in [0.1, 0.15) is 5.56 Å². The number of ether oxygens (including phenoxy) is 4. The first-order chi connectivity index (χ1) is 12.2. The Morgan fingerprint density at radius 2 is 1.92 bits per heavy atom. The molecule has 0 unspecified atom stereocenters. The molecule has 0 fully saturated rings. The fourth-order valence-electron chi connectivity index (χ4n) is 2.44. The van der Waals surface area contributed by atoms with Crippen molar-refractivity contribution < 1.29 is 23.7 Å². The summed E-state index contributed by atoms with van der Waals surface area (Å²) in [6, 6.07) is 11.0. The fraction of sp³-hybridized carbons (Fsp3) is 0.278. The summed E-state index contributed by atoms with van der Waals surface area (Å²) in [6.45, 7) is 0.762. The van der Waals surface area contributed by atoms with Gasteiger partial charge in [0, 0.05) is 12.6 Å². The van der Waals surface area contributed by atoms with E-state index < -0.39 is 0 Å². The van der Waals surface area contributed by atoms with Gasteiger partial charge in [0.05, 0.1) is 26.5 Å². The Kier molecular flexibility index (Phi) is 5.13. The third-order valence-corrected chi connectivity index (χ3v) is 3.77. The van der Waals surface area contributed by atoms with Gasteiger partial charge in [-0.25, -0.2) is 0 Å². The third kappa shape index (κ3) is 4.06. The predicted octanol–water partition coefficient (Wildman–Crippen LogP) is 2.16. The Hall–Kier alpha value is -3.09. The Morgan fingerprint density at radius 3 is 2.72 bits per heavy atom. The number of carbonyl (C=O) groups is 1. The first kappa shape index (κ1) is 16.8. The van der Waals surface area contributed by atoms with E-state index in [0.29, 0.717) is 29.5 Å². The molecule has 0 aliphatic carbocycles. The minimum absolute atomic E-state index is 0.119. The molecule has 0 saturated heterocycles. The molecule has 2 aromatic carbocycles. The predicted molar refractivity (Wildman–Crippen MR) is 92.4 cm³/mol. The van der Waals surface area contributed by atoms with Crippen LogP contribution in [0, 0.1) is 0 Å². The molecular weight excluding hydrogens is 324 g/mol. The Morgan fingerprint density at radius 1 is 1.08 bits per heavy atom. The van der Waals surface area contributed by atoms with Gasteiger partial charge in [-0.15, -0.1) is 0 Å². The standard InChI is InChI=1S/C18H20N2O5/c1-22-13-4-6-15(23-2)14(8-13)19-10-18(21)20-9-12-3-5-16-17(7-12)25-11-24-16/h3-8,19H,9-11H2,1-2H3,(H,20,21). The average Bonchev–Trinajstić information content (AvgIpc) is 3.12. The SMILES string of the molecule is COc1ccc(OC)c(NCC(=O)NCc2ccc3c(c2)OCO3)c1. The zero-order valence-corrected chi connectivity index (χ0v) is 14.1.